The fourth-order valence-electron chi connectivity index (χ4n) is 2.14. The number of carbonyl (C=O) groups is 2. The first kappa shape index (κ1) is 13.5. The average Bonchev–Trinajstić information content (AvgIpc) is 2.68. The molecule has 1 aromatic rings. The van der Waals surface area contributed by atoms with Gasteiger partial charge in [0.15, 0.2) is 0 Å². The summed E-state index contributed by atoms with van der Waals surface area (Å²) in [4.78, 5) is 25.6. The van der Waals surface area contributed by atoms with Crippen molar-refractivity contribution in [1.82, 2.24) is 4.90 Å². The second-order valence-corrected chi connectivity index (χ2v) is 6.79. The molecule has 4 nitrogen and oxygen atoms in total. The quantitative estimate of drug-likeness (QED) is 0.906. The van der Waals surface area contributed by atoms with Crippen molar-refractivity contribution >= 4 is 39.1 Å². The fraction of sp³-hybridized carbons (Fsp3) is 0.500. The number of aliphatic carboxylic acids is 1. The molecular formula is C12H14BrNO3S. The number of rotatable bonds is 2. The van der Waals surface area contributed by atoms with Crippen molar-refractivity contribution in [1.29, 1.82) is 0 Å². The van der Waals surface area contributed by atoms with E-state index in [2.05, 4.69) is 15.9 Å². The molecule has 0 radical (unpaired) electrons. The van der Waals surface area contributed by atoms with Crippen LogP contribution in [0.15, 0.2) is 9.85 Å². The summed E-state index contributed by atoms with van der Waals surface area (Å²) in [5.74, 6) is -1.07. The van der Waals surface area contributed by atoms with Gasteiger partial charge >= 0.3 is 5.97 Å². The molecule has 0 spiro atoms. The van der Waals surface area contributed by atoms with Crippen molar-refractivity contribution in [2.75, 3.05) is 6.54 Å². The van der Waals surface area contributed by atoms with Gasteiger partial charge in [-0.25, -0.2) is 4.79 Å². The number of nitrogens with zero attached hydrogens (tertiary/aromatic N) is 1. The Morgan fingerprint density at radius 2 is 2.22 bits per heavy atom. The lowest BCUT2D eigenvalue weighted by Crippen LogP contribution is -2.47. The molecule has 1 aliphatic rings. The molecule has 18 heavy (non-hydrogen) atoms. The molecule has 1 atom stereocenters. The van der Waals surface area contributed by atoms with Gasteiger partial charge in [-0.3, -0.25) is 4.79 Å². The highest BCUT2D eigenvalue weighted by Gasteiger charge is 2.33. The maximum absolute atomic E-state index is 12.3. The maximum Gasteiger partial charge on any atom is 0.326 e. The number of carboxylic acids is 1. The zero-order chi connectivity index (χ0) is 13.3. The topological polar surface area (TPSA) is 57.6 Å². The van der Waals surface area contributed by atoms with Gasteiger partial charge in [-0.15, -0.1) is 11.3 Å². The van der Waals surface area contributed by atoms with Crippen molar-refractivity contribution in [3.05, 3.63) is 20.3 Å². The number of carbonyl (C=O) groups excluding carboxylic acids is 1. The van der Waals surface area contributed by atoms with Crippen molar-refractivity contribution in [3.8, 4) is 0 Å². The number of piperidine rings is 1. The van der Waals surface area contributed by atoms with Crippen LogP contribution in [-0.4, -0.2) is 34.5 Å². The highest BCUT2D eigenvalue weighted by Crippen LogP contribution is 2.30. The lowest BCUT2D eigenvalue weighted by Gasteiger charge is -2.32. The van der Waals surface area contributed by atoms with Crippen molar-refractivity contribution < 1.29 is 14.7 Å². The van der Waals surface area contributed by atoms with E-state index >= 15 is 0 Å². The molecule has 1 N–H and O–H groups in total. The molecule has 1 fully saturated rings. The summed E-state index contributed by atoms with van der Waals surface area (Å²) in [6.07, 6.45) is 2.29. The van der Waals surface area contributed by atoms with Gasteiger partial charge in [-0.2, -0.15) is 0 Å². The Labute approximate surface area is 118 Å². The highest BCUT2D eigenvalue weighted by molar-refractivity contribution is 9.11. The van der Waals surface area contributed by atoms with E-state index in [9.17, 15) is 9.59 Å². The van der Waals surface area contributed by atoms with E-state index in [0.717, 1.165) is 22.2 Å². The van der Waals surface area contributed by atoms with Crippen LogP contribution in [0.3, 0.4) is 0 Å². The van der Waals surface area contributed by atoms with Gasteiger partial charge in [0.2, 0.25) is 0 Å². The molecule has 1 aliphatic heterocycles. The Bertz CT molecular complexity index is 466. The molecule has 2 heterocycles. The summed E-state index contributed by atoms with van der Waals surface area (Å²) in [5, 5.41) is 9.16. The lowest BCUT2D eigenvalue weighted by molar-refractivity contribution is -0.143. The van der Waals surface area contributed by atoms with E-state index in [0.29, 0.717) is 17.8 Å². The van der Waals surface area contributed by atoms with Gasteiger partial charge in [-0.1, -0.05) is 0 Å². The molecule has 98 valence electrons. The van der Waals surface area contributed by atoms with Crippen molar-refractivity contribution in [3.63, 3.8) is 0 Å². The van der Waals surface area contributed by atoms with E-state index in [1.54, 1.807) is 0 Å². The second-order valence-electron chi connectivity index (χ2n) is 4.42. The average molecular weight is 332 g/mol. The number of aryl methyl sites for hydroxylation is 1. The third kappa shape index (κ3) is 2.59. The molecule has 1 amide bonds. The summed E-state index contributed by atoms with van der Waals surface area (Å²) in [5.41, 5.74) is 1.01. The maximum atomic E-state index is 12.3. The molecule has 0 bridgehead atoms. The van der Waals surface area contributed by atoms with E-state index in [-0.39, 0.29) is 5.91 Å². The van der Waals surface area contributed by atoms with Crippen LogP contribution in [0.5, 0.6) is 0 Å². The molecule has 0 aromatic carbocycles. The van der Waals surface area contributed by atoms with E-state index in [4.69, 9.17) is 5.11 Å². The SMILES string of the molecule is Cc1cc(C(=O)N2CCCC[C@@H]2C(=O)O)sc1Br. The standard InChI is InChI=1S/C12H14BrNO3S/c1-7-6-9(18-10(7)13)11(15)14-5-3-2-4-8(14)12(16)17/h6,8H,2-5H2,1H3,(H,16,17)/t8-/m1/s1. The minimum atomic E-state index is -0.907. The summed E-state index contributed by atoms with van der Waals surface area (Å²) in [6.45, 7) is 2.45. The lowest BCUT2D eigenvalue weighted by atomic mass is 10.0. The number of halogens is 1. The Balaban J connectivity index is 2.23. The molecule has 6 heteroatoms. The van der Waals surface area contributed by atoms with Crippen molar-refractivity contribution in [2.24, 2.45) is 0 Å². The fourth-order valence-corrected chi connectivity index (χ4v) is 3.63. The third-order valence-corrected chi connectivity index (χ3v) is 5.24. The molecule has 2 rings (SSSR count). The smallest absolute Gasteiger partial charge is 0.326 e. The van der Waals surface area contributed by atoms with Gasteiger partial charge < -0.3 is 10.0 Å². The molecule has 1 saturated heterocycles. The minimum Gasteiger partial charge on any atom is -0.480 e. The zero-order valence-corrected chi connectivity index (χ0v) is 12.4. The molecule has 0 aliphatic carbocycles. The summed E-state index contributed by atoms with van der Waals surface area (Å²) < 4.78 is 0.926. The van der Waals surface area contributed by atoms with Crippen LogP contribution in [0, 0.1) is 6.92 Å². The van der Waals surface area contributed by atoms with Crippen LogP contribution < -0.4 is 0 Å². The third-order valence-electron chi connectivity index (χ3n) is 3.12. The van der Waals surface area contributed by atoms with Crippen LogP contribution in [0.4, 0.5) is 0 Å². The first-order valence-electron chi connectivity index (χ1n) is 5.80. The van der Waals surface area contributed by atoms with Crippen LogP contribution in [0.1, 0.15) is 34.5 Å². The van der Waals surface area contributed by atoms with E-state index in [1.807, 2.05) is 13.0 Å². The summed E-state index contributed by atoms with van der Waals surface area (Å²) >= 11 is 4.75. The van der Waals surface area contributed by atoms with Crippen LogP contribution in [-0.2, 0) is 4.79 Å². The van der Waals surface area contributed by atoms with Crippen LogP contribution in [0.2, 0.25) is 0 Å². The molecule has 0 unspecified atom stereocenters. The predicted octanol–water partition coefficient (Wildman–Crippen LogP) is 2.90. The van der Waals surface area contributed by atoms with E-state index in [1.165, 1.54) is 16.2 Å². The normalized spacial score (nSPS) is 19.9. The number of likely N-dealkylation sites (tertiary alicyclic amines) is 1. The monoisotopic (exact) mass is 331 g/mol. The summed E-state index contributed by atoms with van der Waals surface area (Å²) in [6, 6.07) is 1.14. The second kappa shape index (κ2) is 5.40. The number of thiophene rings is 1. The van der Waals surface area contributed by atoms with Gasteiger partial charge in [0, 0.05) is 6.54 Å². The highest BCUT2D eigenvalue weighted by atomic mass is 79.9. The van der Waals surface area contributed by atoms with Gasteiger partial charge in [0.25, 0.3) is 5.91 Å². The summed E-state index contributed by atoms with van der Waals surface area (Å²) in [7, 11) is 0. The number of hydrogen-bond acceptors (Lipinski definition) is 3. The van der Waals surface area contributed by atoms with Crippen LogP contribution in [0.25, 0.3) is 0 Å². The van der Waals surface area contributed by atoms with Gasteiger partial charge in [0.1, 0.15) is 6.04 Å². The largest absolute Gasteiger partial charge is 0.480 e. The number of hydrogen-bond donors (Lipinski definition) is 1. The number of amides is 1. The Morgan fingerprint density at radius 3 is 2.78 bits per heavy atom. The molecule has 0 saturated carbocycles. The Morgan fingerprint density at radius 1 is 1.50 bits per heavy atom. The zero-order valence-electron chi connectivity index (χ0n) is 9.98. The minimum absolute atomic E-state index is 0.166. The van der Waals surface area contributed by atoms with Gasteiger partial charge in [0.05, 0.1) is 8.66 Å². The first-order valence-corrected chi connectivity index (χ1v) is 7.41. The van der Waals surface area contributed by atoms with Crippen LogP contribution >= 0.6 is 27.3 Å². The van der Waals surface area contributed by atoms with E-state index < -0.39 is 12.0 Å². The predicted molar refractivity (Wildman–Crippen MR) is 73.1 cm³/mol. The van der Waals surface area contributed by atoms with Gasteiger partial charge in [-0.05, 0) is 53.7 Å². The van der Waals surface area contributed by atoms with Crippen molar-refractivity contribution in [2.45, 2.75) is 32.2 Å². The Kier molecular flexibility index (Phi) is 4.07. The molecule has 1 aromatic heterocycles. The number of carboxylic acid groups (broad SMARTS) is 1. The molecular weight excluding hydrogens is 318 g/mol. The first-order chi connectivity index (χ1) is 8.50. The Hall–Kier alpha value is -0.880.